The Morgan fingerprint density at radius 2 is 2.10 bits per heavy atom. The first-order valence-corrected chi connectivity index (χ1v) is 6.63. The minimum atomic E-state index is -0.377. The summed E-state index contributed by atoms with van der Waals surface area (Å²) in [5, 5.41) is 2.89. The van der Waals surface area contributed by atoms with E-state index in [9.17, 15) is 4.39 Å². The van der Waals surface area contributed by atoms with Crippen LogP contribution in [0, 0.1) is 5.82 Å². The van der Waals surface area contributed by atoms with Crippen molar-refractivity contribution in [3.63, 3.8) is 0 Å². The number of anilines is 3. The van der Waals surface area contributed by atoms with Crippen LogP contribution in [0.4, 0.5) is 22.0 Å². The number of hydrogen-bond acceptors (Lipinski definition) is 6. The van der Waals surface area contributed by atoms with Gasteiger partial charge in [-0.3, -0.25) is 4.57 Å². The van der Waals surface area contributed by atoms with Gasteiger partial charge in [0.1, 0.15) is 12.1 Å². The lowest BCUT2D eigenvalue weighted by Crippen LogP contribution is -2.08. The first kappa shape index (κ1) is 13.4. The summed E-state index contributed by atoms with van der Waals surface area (Å²) in [5.74, 6) is 0.189. The number of nitrogen functional groups attached to an aromatic ring is 1. The van der Waals surface area contributed by atoms with Crippen molar-refractivity contribution in [1.29, 1.82) is 0 Å². The average Bonchev–Trinajstić information content (AvgIpc) is 2.96. The number of aromatic nitrogens is 5. The first-order chi connectivity index (χ1) is 10.1. The zero-order valence-electron chi connectivity index (χ0n) is 10.5. The molecule has 3 rings (SSSR count). The molecule has 9 heteroatoms. The highest BCUT2D eigenvalue weighted by atomic mass is 79.9. The van der Waals surface area contributed by atoms with Crippen LogP contribution in [0.2, 0.25) is 0 Å². The van der Waals surface area contributed by atoms with Crippen LogP contribution in [0.5, 0.6) is 0 Å². The molecule has 0 fully saturated rings. The molecular formula is C12H9BrFN7. The molecule has 1 aromatic carbocycles. The van der Waals surface area contributed by atoms with Crippen molar-refractivity contribution < 1.29 is 4.39 Å². The molecule has 0 radical (unpaired) electrons. The molecule has 3 aromatic rings. The second kappa shape index (κ2) is 5.44. The predicted octanol–water partition coefficient (Wildman–Crippen LogP) is 2.28. The van der Waals surface area contributed by atoms with Crippen LogP contribution >= 0.6 is 15.9 Å². The summed E-state index contributed by atoms with van der Waals surface area (Å²) in [6, 6.07) is 4.24. The van der Waals surface area contributed by atoms with Gasteiger partial charge in [-0.25, -0.2) is 9.37 Å². The van der Waals surface area contributed by atoms with Crippen LogP contribution < -0.4 is 11.1 Å². The van der Waals surface area contributed by atoms with Crippen molar-refractivity contribution in [3.8, 4) is 5.95 Å². The lowest BCUT2D eigenvalue weighted by atomic mass is 10.3. The van der Waals surface area contributed by atoms with Crippen molar-refractivity contribution in [2.45, 2.75) is 0 Å². The maximum Gasteiger partial charge on any atom is 0.241 e. The summed E-state index contributed by atoms with van der Waals surface area (Å²) in [4.78, 5) is 16.1. The maximum absolute atomic E-state index is 13.3. The number of benzene rings is 1. The molecule has 2 heterocycles. The molecule has 0 unspecified atom stereocenters. The SMILES string of the molecule is Nc1nc(Nc2cc(F)ccc2Br)nc(-n2ccnc2)n1. The fourth-order valence-corrected chi connectivity index (χ4v) is 1.99. The average molecular weight is 350 g/mol. The van der Waals surface area contributed by atoms with E-state index in [1.807, 2.05) is 0 Å². The van der Waals surface area contributed by atoms with Gasteiger partial charge in [0, 0.05) is 16.9 Å². The van der Waals surface area contributed by atoms with Gasteiger partial charge in [-0.1, -0.05) is 0 Å². The number of nitrogens with two attached hydrogens (primary N) is 1. The van der Waals surface area contributed by atoms with Crippen molar-refractivity contribution >= 4 is 33.5 Å². The highest BCUT2D eigenvalue weighted by Gasteiger charge is 2.08. The maximum atomic E-state index is 13.3. The number of rotatable bonds is 3. The van der Waals surface area contributed by atoms with Crippen molar-refractivity contribution in [2.75, 3.05) is 11.1 Å². The minimum Gasteiger partial charge on any atom is -0.368 e. The molecule has 2 aromatic heterocycles. The second-order valence-electron chi connectivity index (χ2n) is 4.04. The Hall–Kier alpha value is -2.55. The summed E-state index contributed by atoms with van der Waals surface area (Å²) in [6.45, 7) is 0. The van der Waals surface area contributed by atoms with Gasteiger partial charge in [0.25, 0.3) is 0 Å². The van der Waals surface area contributed by atoms with Gasteiger partial charge >= 0.3 is 0 Å². The largest absolute Gasteiger partial charge is 0.368 e. The Bertz CT molecular complexity index is 775. The van der Waals surface area contributed by atoms with E-state index >= 15 is 0 Å². The zero-order valence-corrected chi connectivity index (χ0v) is 12.1. The van der Waals surface area contributed by atoms with E-state index in [2.05, 4.69) is 41.2 Å². The standard InChI is InChI=1S/C12H9BrFN7/c13-8-2-1-7(14)5-9(8)17-11-18-10(15)19-12(20-11)21-4-3-16-6-21/h1-6H,(H3,15,17,18,19,20). The Balaban J connectivity index is 1.97. The van der Waals surface area contributed by atoms with Gasteiger partial charge in [-0.15, -0.1) is 0 Å². The van der Waals surface area contributed by atoms with Gasteiger partial charge in [0.05, 0.1) is 5.69 Å². The molecule has 3 N–H and O–H groups in total. The van der Waals surface area contributed by atoms with Gasteiger partial charge < -0.3 is 11.1 Å². The first-order valence-electron chi connectivity index (χ1n) is 5.84. The molecule has 0 aliphatic carbocycles. The predicted molar refractivity (Wildman–Crippen MR) is 78.7 cm³/mol. The van der Waals surface area contributed by atoms with Gasteiger partial charge in [-0.05, 0) is 34.1 Å². The Morgan fingerprint density at radius 3 is 2.86 bits per heavy atom. The number of nitrogens with one attached hydrogen (secondary N) is 1. The highest BCUT2D eigenvalue weighted by molar-refractivity contribution is 9.10. The van der Waals surface area contributed by atoms with Gasteiger partial charge in [-0.2, -0.15) is 15.0 Å². The molecule has 0 aliphatic rings. The van der Waals surface area contributed by atoms with Crippen molar-refractivity contribution in [3.05, 3.63) is 47.2 Å². The Labute approximate surface area is 127 Å². The zero-order chi connectivity index (χ0) is 14.8. The molecule has 0 spiro atoms. The number of nitrogens with zero attached hydrogens (tertiary/aromatic N) is 5. The summed E-state index contributed by atoms with van der Waals surface area (Å²) in [6.07, 6.45) is 4.81. The normalized spacial score (nSPS) is 10.6. The third-order valence-corrected chi connectivity index (χ3v) is 3.24. The van der Waals surface area contributed by atoms with Crippen LogP contribution in [0.15, 0.2) is 41.4 Å². The van der Waals surface area contributed by atoms with E-state index in [1.165, 1.54) is 18.5 Å². The molecule has 0 atom stereocenters. The van der Waals surface area contributed by atoms with Crippen molar-refractivity contribution in [1.82, 2.24) is 24.5 Å². The molecule has 0 saturated carbocycles. The Morgan fingerprint density at radius 1 is 1.24 bits per heavy atom. The van der Waals surface area contributed by atoms with E-state index in [1.54, 1.807) is 23.0 Å². The van der Waals surface area contributed by atoms with E-state index < -0.39 is 0 Å². The fraction of sp³-hybridized carbons (Fsp3) is 0. The third-order valence-electron chi connectivity index (χ3n) is 2.55. The summed E-state index contributed by atoms with van der Waals surface area (Å²) in [5.41, 5.74) is 6.15. The third kappa shape index (κ3) is 2.97. The highest BCUT2D eigenvalue weighted by Crippen LogP contribution is 2.25. The van der Waals surface area contributed by atoms with Crippen LogP contribution in [-0.4, -0.2) is 24.5 Å². The number of imidazole rings is 1. The smallest absolute Gasteiger partial charge is 0.241 e. The van der Waals surface area contributed by atoms with Gasteiger partial charge in [0.15, 0.2) is 0 Å². The number of halogens is 2. The number of hydrogen-bond donors (Lipinski definition) is 2. The molecule has 106 valence electrons. The van der Waals surface area contributed by atoms with Crippen LogP contribution in [0.25, 0.3) is 5.95 Å². The molecule has 21 heavy (non-hydrogen) atoms. The lowest BCUT2D eigenvalue weighted by molar-refractivity contribution is 0.628. The molecule has 0 bridgehead atoms. The van der Waals surface area contributed by atoms with E-state index in [4.69, 9.17) is 5.73 Å². The molecule has 0 saturated heterocycles. The van der Waals surface area contributed by atoms with Gasteiger partial charge in [0.2, 0.25) is 17.8 Å². The fourth-order valence-electron chi connectivity index (χ4n) is 1.64. The minimum absolute atomic E-state index is 0.0451. The molecule has 0 aliphatic heterocycles. The second-order valence-corrected chi connectivity index (χ2v) is 4.89. The summed E-state index contributed by atoms with van der Waals surface area (Å²) < 4.78 is 15.5. The van der Waals surface area contributed by atoms with Crippen LogP contribution in [0.1, 0.15) is 0 Å². The Kier molecular flexibility index (Phi) is 3.48. The van der Waals surface area contributed by atoms with Crippen molar-refractivity contribution in [2.24, 2.45) is 0 Å². The molecular weight excluding hydrogens is 341 g/mol. The van der Waals surface area contributed by atoms with Crippen LogP contribution in [-0.2, 0) is 0 Å². The molecule has 7 nitrogen and oxygen atoms in total. The van der Waals surface area contributed by atoms with E-state index in [0.717, 1.165) is 0 Å². The topological polar surface area (TPSA) is 94.5 Å². The summed E-state index contributed by atoms with van der Waals surface area (Å²) >= 11 is 3.32. The monoisotopic (exact) mass is 349 g/mol. The quantitative estimate of drug-likeness (QED) is 0.753. The molecule has 0 amide bonds. The lowest BCUT2D eigenvalue weighted by Gasteiger charge is -2.09. The summed E-state index contributed by atoms with van der Waals surface area (Å²) in [7, 11) is 0. The van der Waals surface area contributed by atoms with E-state index in [0.29, 0.717) is 16.1 Å². The van der Waals surface area contributed by atoms with Crippen LogP contribution in [0.3, 0.4) is 0 Å². The van der Waals surface area contributed by atoms with E-state index in [-0.39, 0.29) is 17.7 Å².